The molecule has 2 bridgehead atoms. The van der Waals surface area contributed by atoms with Gasteiger partial charge in [-0.1, -0.05) is 51.7 Å². The minimum Gasteiger partial charge on any atom is -0.465 e. The van der Waals surface area contributed by atoms with E-state index in [2.05, 4.69) is 20.1 Å². The van der Waals surface area contributed by atoms with Crippen molar-refractivity contribution in [3.05, 3.63) is 25.3 Å². The molecular weight excluding hydrogens is 512 g/mol. The fraction of sp³-hybridized carbons (Fsp3) is 0.774. The molecule has 0 aromatic heterocycles. The van der Waals surface area contributed by atoms with Crippen molar-refractivity contribution in [2.24, 2.45) is 17.8 Å². The topological polar surface area (TPSA) is 87.1 Å². The van der Waals surface area contributed by atoms with Crippen molar-refractivity contribution >= 4 is 29.5 Å². The maximum atomic E-state index is 14.7. The number of fused-ring (bicyclic) bond motifs is 1. The molecule has 1 spiro atoms. The molecule has 7 nitrogen and oxygen atoms in total. The van der Waals surface area contributed by atoms with Gasteiger partial charge in [0.25, 0.3) is 0 Å². The number of rotatable bonds is 13. The molecule has 0 aromatic rings. The first-order chi connectivity index (χ1) is 18.7. The minimum absolute atomic E-state index is 0.00843. The third-order valence-corrected chi connectivity index (χ3v) is 12.0. The molecule has 1 N–H and O–H groups in total. The number of unbranched alkanes of at least 4 members (excludes halogenated alkanes) is 1. The van der Waals surface area contributed by atoms with Crippen LogP contribution in [-0.4, -0.2) is 80.1 Å². The van der Waals surface area contributed by atoms with Crippen LogP contribution >= 0.6 is 11.8 Å². The van der Waals surface area contributed by atoms with Crippen LogP contribution in [0.5, 0.6) is 0 Å². The van der Waals surface area contributed by atoms with Gasteiger partial charge in [0.05, 0.1) is 35.8 Å². The highest BCUT2D eigenvalue weighted by Gasteiger charge is 2.78. The zero-order valence-electron chi connectivity index (χ0n) is 24.1. The van der Waals surface area contributed by atoms with Gasteiger partial charge in [-0.05, 0) is 51.4 Å². The summed E-state index contributed by atoms with van der Waals surface area (Å²) in [6, 6.07) is -1.07. The average Bonchev–Trinajstić information content (AvgIpc) is 3.51. The van der Waals surface area contributed by atoms with Crippen LogP contribution in [0.25, 0.3) is 0 Å². The van der Waals surface area contributed by atoms with Crippen molar-refractivity contribution < 1.29 is 24.2 Å². The monoisotopic (exact) mass is 560 g/mol. The Kier molecular flexibility index (Phi) is 9.57. The smallest absolute Gasteiger partial charge is 0.311 e. The number of carbonyl (C=O) groups excluding carboxylic acids is 3. The second kappa shape index (κ2) is 12.4. The number of nitrogens with zero attached hydrogens (tertiary/aromatic N) is 2. The molecule has 39 heavy (non-hydrogen) atoms. The van der Waals surface area contributed by atoms with Gasteiger partial charge < -0.3 is 19.6 Å². The first-order valence-electron chi connectivity index (χ1n) is 15.0. The fourth-order valence-corrected chi connectivity index (χ4v) is 10.1. The molecule has 1 saturated carbocycles. The van der Waals surface area contributed by atoms with Crippen molar-refractivity contribution in [3.63, 3.8) is 0 Å². The predicted octanol–water partition coefficient (Wildman–Crippen LogP) is 4.73. The number of aliphatic hydroxyl groups excluding tert-OH is 1. The lowest BCUT2D eigenvalue weighted by Gasteiger charge is -2.43. The Labute approximate surface area is 238 Å². The van der Waals surface area contributed by atoms with E-state index >= 15 is 0 Å². The van der Waals surface area contributed by atoms with Crippen LogP contribution in [-0.2, 0) is 19.1 Å². The maximum Gasteiger partial charge on any atom is 0.311 e. The molecular formula is C31H48N2O5S. The largest absolute Gasteiger partial charge is 0.465 e. The minimum atomic E-state index is -0.714. The number of carbonyl (C=O) groups is 3. The highest BCUT2D eigenvalue weighted by Crippen LogP contribution is 2.72. The number of thioether (sulfide) groups is 1. The Bertz CT molecular complexity index is 951. The third-order valence-electron chi connectivity index (χ3n) is 9.97. The Morgan fingerprint density at radius 1 is 1.23 bits per heavy atom. The van der Waals surface area contributed by atoms with Gasteiger partial charge >= 0.3 is 5.97 Å². The van der Waals surface area contributed by atoms with Gasteiger partial charge in [0.15, 0.2) is 0 Å². The van der Waals surface area contributed by atoms with Crippen molar-refractivity contribution in [2.75, 3.05) is 19.8 Å². The van der Waals surface area contributed by atoms with Gasteiger partial charge in [-0.3, -0.25) is 14.4 Å². The molecule has 1 aliphatic carbocycles. The van der Waals surface area contributed by atoms with Gasteiger partial charge in [0.2, 0.25) is 11.8 Å². The summed E-state index contributed by atoms with van der Waals surface area (Å²) in [5, 5.41) is 10.6. The van der Waals surface area contributed by atoms with E-state index < -0.39 is 33.4 Å². The van der Waals surface area contributed by atoms with Crippen LogP contribution in [0, 0.1) is 17.8 Å². The number of likely N-dealkylation sites (tertiary alicyclic amines) is 1. The molecule has 8 heteroatoms. The molecule has 3 heterocycles. The average molecular weight is 561 g/mol. The molecule has 2 unspecified atom stereocenters. The molecule has 2 amide bonds. The van der Waals surface area contributed by atoms with E-state index in [1.807, 2.05) is 18.7 Å². The van der Waals surface area contributed by atoms with Gasteiger partial charge in [-0.15, -0.1) is 24.9 Å². The molecule has 4 rings (SSSR count). The first kappa shape index (κ1) is 30.2. The number of hydrogen-bond acceptors (Lipinski definition) is 6. The van der Waals surface area contributed by atoms with Crippen molar-refractivity contribution in [1.82, 2.24) is 9.80 Å². The Hall–Kier alpha value is -1.80. The van der Waals surface area contributed by atoms with Gasteiger partial charge in [-0.2, -0.15) is 0 Å². The van der Waals surface area contributed by atoms with E-state index in [9.17, 15) is 19.5 Å². The van der Waals surface area contributed by atoms with Crippen LogP contribution in [0.1, 0.15) is 85.0 Å². The Balaban J connectivity index is 1.75. The number of allylic oxidation sites excluding steroid dienone is 1. The molecule has 0 aromatic carbocycles. The summed E-state index contributed by atoms with van der Waals surface area (Å²) in [6.45, 7) is 14.3. The van der Waals surface area contributed by atoms with Gasteiger partial charge in [-0.25, -0.2) is 0 Å². The van der Waals surface area contributed by atoms with Crippen LogP contribution in [0.15, 0.2) is 25.3 Å². The van der Waals surface area contributed by atoms with Gasteiger partial charge in [0, 0.05) is 17.3 Å². The van der Waals surface area contributed by atoms with E-state index in [4.69, 9.17) is 4.74 Å². The summed E-state index contributed by atoms with van der Waals surface area (Å²) < 4.78 is 4.57. The van der Waals surface area contributed by atoms with E-state index in [0.29, 0.717) is 26.0 Å². The lowest BCUT2D eigenvalue weighted by Crippen LogP contribution is -2.60. The summed E-state index contributed by atoms with van der Waals surface area (Å²) >= 11 is 1.67. The molecule has 3 aliphatic heterocycles. The number of esters is 1. The molecule has 3 saturated heterocycles. The van der Waals surface area contributed by atoms with Crippen molar-refractivity contribution in [3.8, 4) is 0 Å². The predicted molar refractivity (Wildman–Crippen MR) is 155 cm³/mol. The van der Waals surface area contributed by atoms with E-state index in [-0.39, 0.29) is 36.4 Å². The Morgan fingerprint density at radius 3 is 2.56 bits per heavy atom. The fourth-order valence-electron chi connectivity index (χ4n) is 7.77. The van der Waals surface area contributed by atoms with Crippen LogP contribution < -0.4 is 0 Å². The molecule has 7 atom stereocenters. The van der Waals surface area contributed by atoms with Crippen molar-refractivity contribution in [1.29, 1.82) is 0 Å². The number of aliphatic hydroxyl groups is 1. The molecule has 0 radical (unpaired) electrons. The lowest BCUT2D eigenvalue weighted by atomic mass is 9.66. The number of hydrogen-bond donors (Lipinski definition) is 1. The third kappa shape index (κ3) is 5.20. The first-order valence-corrected chi connectivity index (χ1v) is 15.8. The second-order valence-corrected chi connectivity index (χ2v) is 14.2. The highest BCUT2D eigenvalue weighted by atomic mass is 32.2. The number of ether oxygens (including phenoxy) is 1. The van der Waals surface area contributed by atoms with Crippen LogP contribution in [0.4, 0.5) is 0 Å². The van der Waals surface area contributed by atoms with Crippen LogP contribution in [0.2, 0.25) is 0 Å². The van der Waals surface area contributed by atoms with E-state index in [0.717, 1.165) is 44.9 Å². The zero-order chi connectivity index (χ0) is 28.4. The van der Waals surface area contributed by atoms with E-state index in [1.54, 1.807) is 28.8 Å². The summed E-state index contributed by atoms with van der Waals surface area (Å²) in [5.41, 5.74) is 0. The second-order valence-electron chi connectivity index (χ2n) is 12.3. The highest BCUT2D eigenvalue weighted by molar-refractivity contribution is 8.02. The van der Waals surface area contributed by atoms with Crippen LogP contribution in [0.3, 0.4) is 0 Å². The zero-order valence-corrected chi connectivity index (χ0v) is 24.9. The standard InChI is InChI=1S/C31H48N2O5S/c1-6-9-13-19-38-29(37)25-24-27(35)33(23(20-34)21(4)8-3)26(31(24)17-16-30(25,5)39-31)28(36)32(18-7-2)22-14-11-10-12-15-22/h6-7,21-26,34H,1-2,8-20H2,3-5H3/t21-,23-,24-,25+,26?,30-,31?/m0/s1. The van der Waals surface area contributed by atoms with E-state index in [1.165, 1.54) is 6.42 Å². The van der Waals surface area contributed by atoms with Crippen molar-refractivity contribution in [2.45, 2.75) is 113 Å². The molecule has 4 fully saturated rings. The summed E-state index contributed by atoms with van der Waals surface area (Å²) in [4.78, 5) is 46.5. The summed E-state index contributed by atoms with van der Waals surface area (Å²) in [5.74, 6) is -1.77. The maximum absolute atomic E-state index is 14.7. The molecule has 218 valence electrons. The van der Waals surface area contributed by atoms with Gasteiger partial charge in [0.1, 0.15) is 6.04 Å². The quantitative estimate of drug-likeness (QED) is 0.199. The summed E-state index contributed by atoms with van der Waals surface area (Å²) in [6.07, 6.45) is 12.5. The SMILES string of the molecule is C=CCCCOC(=O)[C@H]1[C@H]2C(=O)N([C@@H](CO)[C@@H](C)CC)C(C(=O)N(CC=C)C3CCCCC3)C23CC[C@]1(C)S3. The molecule has 4 aliphatic rings. The number of amides is 2. The normalized spacial score (nSPS) is 33.5. The summed E-state index contributed by atoms with van der Waals surface area (Å²) in [7, 11) is 0. The lowest BCUT2D eigenvalue weighted by molar-refractivity contribution is -0.156. The Morgan fingerprint density at radius 2 is 1.95 bits per heavy atom.